The van der Waals surface area contributed by atoms with Crippen LogP contribution in [0.15, 0.2) is 5.38 Å². The number of nitrogens with one attached hydrogen (secondary N) is 1. The molecule has 0 saturated heterocycles. The molecule has 4 nitrogen and oxygen atoms in total. The van der Waals surface area contributed by atoms with Crippen molar-refractivity contribution in [1.82, 2.24) is 10.3 Å². The number of nitrogens with zero attached hydrogens (tertiary/aromatic N) is 1. The van der Waals surface area contributed by atoms with Crippen molar-refractivity contribution in [3.8, 4) is 0 Å². The smallest absolute Gasteiger partial charge is 0.270 e. The lowest BCUT2D eigenvalue weighted by Crippen LogP contribution is -2.43. The minimum atomic E-state index is -0.0366. The second-order valence-electron chi connectivity index (χ2n) is 5.51. The molecular weight excluding hydrogens is 294 g/mol. The minimum Gasteiger partial charge on any atom is -0.348 e. The number of carbonyl (C=O) groups excluding carboxylic acids is 1. The van der Waals surface area contributed by atoms with E-state index in [9.17, 15) is 4.79 Å². The lowest BCUT2D eigenvalue weighted by atomic mass is 9.78. The Morgan fingerprint density at radius 1 is 1.50 bits per heavy atom. The van der Waals surface area contributed by atoms with E-state index in [0.717, 1.165) is 17.8 Å². The van der Waals surface area contributed by atoms with Crippen LogP contribution in [0.4, 0.5) is 0 Å². The Bertz CT molecular complexity index is 438. The zero-order valence-corrected chi connectivity index (χ0v) is 13.7. The number of halogens is 1. The van der Waals surface area contributed by atoms with Crippen LogP contribution in [0.5, 0.6) is 0 Å². The lowest BCUT2D eigenvalue weighted by molar-refractivity contribution is 0.0886. The second kappa shape index (κ2) is 7.96. The zero-order valence-electron chi connectivity index (χ0n) is 12.1. The average molecular weight is 318 g/mol. The molecule has 3 N–H and O–H groups in total. The molecule has 3 unspecified atom stereocenters. The molecule has 1 saturated carbocycles. The molecule has 1 aliphatic carbocycles. The Kier molecular flexibility index (Phi) is 6.92. The molecule has 1 heterocycles. The van der Waals surface area contributed by atoms with E-state index in [1.165, 1.54) is 24.2 Å². The quantitative estimate of drug-likeness (QED) is 0.897. The third kappa shape index (κ3) is 4.17. The monoisotopic (exact) mass is 317 g/mol. The number of amides is 1. The highest BCUT2D eigenvalue weighted by atomic mass is 35.5. The van der Waals surface area contributed by atoms with Crippen LogP contribution < -0.4 is 11.1 Å². The molecule has 3 atom stereocenters. The van der Waals surface area contributed by atoms with Gasteiger partial charge in [0.1, 0.15) is 5.69 Å². The van der Waals surface area contributed by atoms with E-state index in [1.54, 1.807) is 0 Å². The van der Waals surface area contributed by atoms with Crippen LogP contribution in [0, 0.1) is 11.8 Å². The van der Waals surface area contributed by atoms with Crippen LogP contribution in [0.25, 0.3) is 0 Å². The van der Waals surface area contributed by atoms with Gasteiger partial charge >= 0.3 is 0 Å². The van der Waals surface area contributed by atoms with E-state index in [0.29, 0.717) is 24.1 Å². The fourth-order valence-corrected chi connectivity index (χ4v) is 3.48. The zero-order chi connectivity index (χ0) is 13.8. The summed E-state index contributed by atoms with van der Waals surface area (Å²) in [6, 6.07) is 0.288. The summed E-state index contributed by atoms with van der Waals surface area (Å²) in [6.45, 7) is 5.08. The van der Waals surface area contributed by atoms with Crippen molar-refractivity contribution in [2.75, 3.05) is 6.54 Å². The summed E-state index contributed by atoms with van der Waals surface area (Å²) < 4.78 is 0. The molecule has 1 fully saturated rings. The van der Waals surface area contributed by atoms with E-state index >= 15 is 0 Å². The van der Waals surface area contributed by atoms with Crippen LogP contribution >= 0.6 is 23.7 Å². The molecule has 114 valence electrons. The van der Waals surface area contributed by atoms with Crippen LogP contribution in [-0.4, -0.2) is 23.5 Å². The third-order valence-electron chi connectivity index (χ3n) is 4.17. The summed E-state index contributed by atoms with van der Waals surface area (Å²) in [5.74, 6) is 1.19. The van der Waals surface area contributed by atoms with Gasteiger partial charge in [-0.2, -0.15) is 0 Å². The molecule has 2 rings (SSSR count). The van der Waals surface area contributed by atoms with Crippen molar-refractivity contribution >= 4 is 29.7 Å². The van der Waals surface area contributed by atoms with Crippen LogP contribution in [-0.2, 0) is 6.42 Å². The summed E-state index contributed by atoms with van der Waals surface area (Å²) in [4.78, 5) is 16.5. The van der Waals surface area contributed by atoms with Gasteiger partial charge in [0, 0.05) is 17.8 Å². The number of hydrogen-bond donors (Lipinski definition) is 2. The predicted molar refractivity (Wildman–Crippen MR) is 85.6 cm³/mol. The minimum absolute atomic E-state index is 0. The first kappa shape index (κ1) is 17.4. The maximum Gasteiger partial charge on any atom is 0.270 e. The first-order valence-electron chi connectivity index (χ1n) is 7.07. The highest BCUT2D eigenvalue weighted by Gasteiger charge is 2.28. The summed E-state index contributed by atoms with van der Waals surface area (Å²) in [6.07, 6.45) is 4.29. The predicted octanol–water partition coefficient (Wildman–Crippen LogP) is 2.62. The van der Waals surface area contributed by atoms with Gasteiger partial charge in [-0.05, 0) is 24.8 Å². The van der Waals surface area contributed by atoms with Gasteiger partial charge in [-0.3, -0.25) is 4.79 Å². The van der Waals surface area contributed by atoms with Gasteiger partial charge in [0.05, 0.1) is 5.01 Å². The van der Waals surface area contributed by atoms with Gasteiger partial charge in [-0.1, -0.05) is 26.7 Å². The number of carbonyl (C=O) groups is 1. The molecule has 20 heavy (non-hydrogen) atoms. The number of hydrogen-bond acceptors (Lipinski definition) is 4. The molecule has 0 aliphatic heterocycles. The maximum atomic E-state index is 12.2. The largest absolute Gasteiger partial charge is 0.348 e. The highest BCUT2D eigenvalue weighted by molar-refractivity contribution is 7.09. The maximum absolute atomic E-state index is 12.2. The van der Waals surface area contributed by atoms with Gasteiger partial charge < -0.3 is 11.1 Å². The van der Waals surface area contributed by atoms with Gasteiger partial charge in [-0.25, -0.2) is 4.98 Å². The Labute approximate surface area is 131 Å². The molecule has 1 amide bonds. The number of aromatic nitrogens is 1. The lowest BCUT2D eigenvalue weighted by Gasteiger charge is -2.34. The first-order chi connectivity index (χ1) is 9.11. The number of nitrogens with two attached hydrogens (primary N) is 1. The van der Waals surface area contributed by atoms with E-state index in [1.807, 2.05) is 5.38 Å². The number of thiazole rings is 1. The Balaban J connectivity index is 0.00000200. The molecule has 1 aliphatic rings. The van der Waals surface area contributed by atoms with Crippen LogP contribution in [0.2, 0.25) is 0 Å². The van der Waals surface area contributed by atoms with Crippen molar-refractivity contribution in [3.05, 3.63) is 16.1 Å². The van der Waals surface area contributed by atoms with E-state index in [4.69, 9.17) is 5.73 Å². The summed E-state index contributed by atoms with van der Waals surface area (Å²) in [7, 11) is 0. The molecule has 0 spiro atoms. The molecular formula is C14H24ClN3OS. The summed E-state index contributed by atoms with van der Waals surface area (Å²) in [5, 5.41) is 5.92. The van der Waals surface area contributed by atoms with Crippen molar-refractivity contribution in [3.63, 3.8) is 0 Å². The third-order valence-corrected chi connectivity index (χ3v) is 5.07. The second-order valence-corrected chi connectivity index (χ2v) is 6.46. The van der Waals surface area contributed by atoms with Crippen molar-refractivity contribution in [2.45, 2.75) is 45.6 Å². The number of rotatable bonds is 4. The summed E-state index contributed by atoms with van der Waals surface area (Å²) >= 11 is 1.51. The van der Waals surface area contributed by atoms with E-state index in [-0.39, 0.29) is 24.4 Å². The van der Waals surface area contributed by atoms with Crippen molar-refractivity contribution in [1.29, 1.82) is 0 Å². The fraction of sp³-hybridized carbons (Fsp3) is 0.714. The molecule has 0 radical (unpaired) electrons. The Hall–Kier alpha value is -0.650. The van der Waals surface area contributed by atoms with Crippen molar-refractivity contribution in [2.24, 2.45) is 17.6 Å². The highest BCUT2D eigenvalue weighted by Crippen LogP contribution is 2.29. The van der Waals surface area contributed by atoms with Crippen LogP contribution in [0.1, 0.15) is 48.6 Å². The summed E-state index contributed by atoms with van der Waals surface area (Å²) in [5.41, 5.74) is 6.04. The normalized spacial score (nSPS) is 25.9. The standard InChI is InChI=1S/C14H23N3OS.ClH/c1-9-4-3-5-11(10(9)2)17-14(18)12-8-19-13(16-12)6-7-15;/h8-11H,3-7,15H2,1-2H3,(H,17,18);1H. The van der Waals surface area contributed by atoms with Crippen molar-refractivity contribution < 1.29 is 4.79 Å². The van der Waals surface area contributed by atoms with Crippen LogP contribution in [0.3, 0.4) is 0 Å². The molecule has 6 heteroatoms. The van der Waals surface area contributed by atoms with E-state index in [2.05, 4.69) is 24.1 Å². The molecule has 1 aromatic heterocycles. The van der Waals surface area contributed by atoms with Gasteiger partial charge in [0.25, 0.3) is 5.91 Å². The SMILES string of the molecule is CC1CCCC(NC(=O)c2csc(CCN)n2)C1C.Cl. The van der Waals surface area contributed by atoms with Gasteiger partial charge in [0.15, 0.2) is 0 Å². The Morgan fingerprint density at radius 2 is 2.25 bits per heavy atom. The van der Waals surface area contributed by atoms with Gasteiger partial charge in [0.2, 0.25) is 0 Å². The molecule has 1 aromatic rings. The van der Waals surface area contributed by atoms with Gasteiger partial charge in [-0.15, -0.1) is 23.7 Å². The average Bonchev–Trinajstić information content (AvgIpc) is 2.84. The molecule has 0 bridgehead atoms. The Morgan fingerprint density at radius 3 is 2.95 bits per heavy atom. The first-order valence-corrected chi connectivity index (χ1v) is 7.95. The fourth-order valence-electron chi connectivity index (χ4n) is 2.68. The molecule has 0 aromatic carbocycles. The van der Waals surface area contributed by atoms with E-state index < -0.39 is 0 Å². The topological polar surface area (TPSA) is 68.0 Å².